The van der Waals surface area contributed by atoms with E-state index in [0.29, 0.717) is 10.7 Å². The number of fused-ring (bicyclic) bond motifs is 1. The summed E-state index contributed by atoms with van der Waals surface area (Å²) >= 11 is 1.32. The number of likely N-dealkylation sites (N-methyl/N-ethyl adjacent to an activating group) is 1. The number of benzene rings is 3. The van der Waals surface area contributed by atoms with Crippen LogP contribution in [0.3, 0.4) is 0 Å². The minimum Gasteiger partial charge on any atom is -0.508 e. The third kappa shape index (κ3) is 5.17. The number of phenolic OH excluding ortho intramolecular Hbond substituents is 1. The van der Waals surface area contributed by atoms with Crippen molar-refractivity contribution in [2.75, 3.05) is 38.1 Å². The van der Waals surface area contributed by atoms with Gasteiger partial charge in [0.2, 0.25) is 0 Å². The van der Waals surface area contributed by atoms with Gasteiger partial charge < -0.3 is 25.2 Å². The number of aromatic hydroxyl groups is 1. The van der Waals surface area contributed by atoms with Gasteiger partial charge in [-0.1, -0.05) is 30.3 Å². The van der Waals surface area contributed by atoms with Crippen molar-refractivity contribution >= 4 is 33.8 Å². The van der Waals surface area contributed by atoms with Gasteiger partial charge in [0.1, 0.15) is 11.6 Å². The van der Waals surface area contributed by atoms with Crippen LogP contribution < -0.4 is 10.2 Å². The Hall–Kier alpha value is -4.21. The number of phenols is 1. The Balaban J connectivity index is 1.31. The maximum atomic E-state index is 14.3. The predicted molar refractivity (Wildman–Crippen MR) is 158 cm³/mol. The van der Waals surface area contributed by atoms with Crippen LogP contribution in [0.1, 0.15) is 32.8 Å². The maximum absolute atomic E-state index is 14.3. The number of para-hydroxylation sites is 1. The number of amides is 1. The SMILES string of the molecule is Cc1nc(C(=O)NC(c2cc3ccccc3[nH]2)c2cc(F)ccc2O)sc1-c1cccc(N2CCN(C)CC2)c1. The number of carbonyl (C=O) groups is 1. The minimum atomic E-state index is -0.816. The Morgan fingerprint density at radius 1 is 1.05 bits per heavy atom. The zero-order valence-electron chi connectivity index (χ0n) is 22.3. The normalized spacial score (nSPS) is 14.9. The smallest absolute Gasteiger partial charge is 0.281 e. The first-order chi connectivity index (χ1) is 19.4. The Morgan fingerprint density at radius 3 is 2.65 bits per heavy atom. The average molecular weight is 556 g/mol. The van der Waals surface area contributed by atoms with E-state index in [9.17, 15) is 14.3 Å². The summed E-state index contributed by atoms with van der Waals surface area (Å²) < 4.78 is 14.3. The number of hydrogen-bond acceptors (Lipinski definition) is 6. The average Bonchev–Trinajstić information content (AvgIpc) is 3.57. The Kier molecular flexibility index (Phi) is 7.00. The quantitative estimate of drug-likeness (QED) is 0.250. The molecular formula is C31H30FN5O2S. The fourth-order valence-corrected chi connectivity index (χ4v) is 6.16. The number of halogens is 1. The van der Waals surface area contributed by atoms with Gasteiger partial charge in [-0.2, -0.15) is 0 Å². The molecule has 1 atom stereocenters. The number of aromatic amines is 1. The van der Waals surface area contributed by atoms with Crippen LogP contribution in [0.25, 0.3) is 21.3 Å². The van der Waals surface area contributed by atoms with Crippen molar-refractivity contribution < 1.29 is 14.3 Å². The van der Waals surface area contributed by atoms with E-state index < -0.39 is 17.8 Å². The van der Waals surface area contributed by atoms with Gasteiger partial charge in [-0.05, 0) is 67.4 Å². The fourth-order valence-electron chi connectivity index (χ4n) is 5.19. The number of anilines is 1. The largest absolute Gasteiger partial charge is 0.508 e. The monoisotopic (exact) mass is 555 g/mol. The third-order valence-corrected chi connectivity index (χ3v) is 8.61. The molecule has 1 saturated heterocycles. The number of piperazine rings is 1. The standard InChI is InChI=1S/C31H30FN5O2S/c1-19-29(21-7-5-8-23(16-21)37-14-12-36(2)13-15-37)40-31(33-19)30(39)35-28(24-18-22(32)10-11-27(24)38)26-17-20-6-3-4-9-25(20)34-26/h3-11,16-18,28,34,38H,12-15H2,1-2H3,(H,35,39). The van der Waals surface area contributed by atoms with Gasteiger partial charge in [0.15, 0.2) is 5.01 Å². The summed E-state index contributed by atoms with van der Waals surface area (Å²) in [6.45, 7) is 5.88. The minimum absolute atomic E-state index is 0.109. The van der Waals surface area contributed by atoms with E-state index in [4.69, 9.17) is 0 Å². The van der Waals surface area contributed by atoms with Crippen molar-refractivity contribution in [1.82, 2.24) is 20.2 Å². The van der Waals surface area contributed by atoms with Crippen molar-refractivity contribution in [3.8, 4) is 16.2 Å². The number of aromatic nitrogens is 2. The lowest BCUT2D eigenvalue weighted by atomic mass is 10.0. The van der Waals surface area contributed by atoms with Gasteiger partial charge in [0, 0.05) is 48.6 Å². The van der Waals surface area contributed by atoms with Gasteiger partial charge >= 0.3 is 0 Å². The number of nitrogens with zero attached hydrogens (tertiary/aromatic N) is 3. The number of nitrogens with one attached hydrogen (secondary N) is 2. The van der Waals surface area contributed by atoms with E-state index in [0.717, 1.165) is 58.9 Å². The molecule has 1 aliphatic rings. The second-order valence-corrected chi connectivity index (χ2v) is 11.2. The zero-order valence-corrected chi connectivity index (χ0v) is 23.1. The molecule has 3 aromatic carbocycles. The molecule has 1 amide bonds. The van der Waals surface area contributed by atoms with Crippen molar-refractivity contribution in [2.24, 2.45) is 0 Å². The van der Waals surface area contributed by atoms with Crippen LogP contribution in [0, 0.1) is 12.7 Å². The molecule has 204 valence electrons. The van der Waals surface area contributed by atoms with E-state index in [1.54, 1.807) is 0 Å². The molecule has 0 radical (unpaired) electrons. The summed E-state index contributed by atoms with van der Waals surface area (Å²) in [7, 11) is 2.14. The molecule has 1 aliphatic heterocycles. The van der Waals surface area contributed by atoms with Crippen LogP contribution in [0.15, 0.2) is 72.8 Å². The lowest BCUT2D eigenvalue weighted by molar-refractivity contribution is 0.0941. The van der Waals surface area contributed by atoms with Crippen molar-refractivity contribution in [3.63, 3.8) is 0 Å². The van der Waals surface area contributed by atoms with Gasteiger partial charge in [-0.15, -0.1) is 11.3 Å². The lowest BCUT2D eigenvalue weighted by Crippen LogP contribution is -2.44. The van der Waals surface area contributed by atoms with E-state index in [1.165, 1.54) is 29.5 Å². The topological polar surface area (TPSA) is 84.5 Å². The van der Waals surface area contributed by atoms with E-state index in [2.05, 4.69) is 44.3 Å². The van der Waals surface area contributed by atoms with Crippen LogP contribution in [0.2, 0.25) is 0 Å². The molecule has 0 saturated carbocycles. The summed E-state index contributed by atoms with van der Waals surface area (Å²) in [5.74, 6) is -1.01. The molecule has 1 unspecified atom stereocenters. The van der Waals surface area contributed by atoms with Gasteiger partial charge in [-0.3, -0.25) is 4.79 Å². The van der Waals surface area contributed by atoms with Gasteiger partial charge in [0.25, 0.3) is 5.91 Å². The van der Waals surface area contributed by atoms with Gasteiger partial charge in [0.05, 0.1) is 16.6 Å². The molecule has 6 rings (SSSR count). The Bertz CT molecular complexity index is 1660. The number of rotatable bonds is 6. The molecule has 2 aromatic heterocycles. The molecular weight excluding hydrogens is 525 g/mol. The van der Waals surface area contributed by atoms with E-state index in [1.807, 2.05) is 49.4 Å². The molecule has 3 heterocycles. The highest BCUT2D eigenvalue weighted by Gasteiger charge is 2.26. The van der Waals surface area contributed by atoms with Crippen LogP contribution in [-0.2, 0) is 0 Å². The van der Waals surface area contributed by atoms with E-state index >= 15 is 0 Å². The Morgan fingerprint density at radius 2 is 1.85 bits per heavy atom. The summed E-state index contributed by atoms with van der Waals surface area (Å²) in [6, 6.07) is 20.9. The second kappa shape index (κ2) is 10.7. The third-order valence-electron chi connectivity index (χ3n) is 7.41. The number of aryl methyl sites for hydroxylation is 1. The highest BCUT2D eigenvalue weighted by Crippen LogP contribution is 2.35. The first-order valence-electron chi connectivity index (χ1n) is 13.2. The second-order valence-electron chi connectivity index (χ2n) is 10.2. The van der Waals surface area contributed by atoms with Crippen molar-refractivity contribution in [1.29, 1.82) is 0 Å². The summed E-state index contributed by atoms with van der Waals surface area (Å²) in [5.41, 5.74) is 4.70. The van der Waals surface area contributed by atoms with Gasteiger partial charge in [-0.25, -0.2) is 9.37 Å². The first kappa shape index (κ1) is 26.0. The molecule has 0 aliphatic carbocycles. The molecule has 7 nitrogen and oxygen atoms in total. The highest BCUT2D eigenvalue weighted by atomic mass is 32.1. The molecule has 5 aromatic rings. The Labute approximate surface area is 235 Å². The number of carbonyl (C=O) groups excluding carboxylic acids is 1. The first-order valence-corrected chi connectivity index (χ1v) is 14.1. The van der Waals surface area contributed by atoms with Crippen LogP contribution in [0.5, 0.6) is 5.75 Å². The molecule has 40 heavy (non-hydrogen) atoms. The molecule has 0 spiro atoms. The fraction of sp³-hybridized carbons (Fsp3) is 0.226. The molecule has 0 bridgehead atoms. The predicted octanol–water partition coefficient (Wildman–Crippen LogP) is 5.72. The summed E-state index contributed by atoms with van der Waals surface area (Å²) in [6.07, 6.45) is 0. The molecule has 9 heteroatoms. The molecule has 1 fully saturated rings. The maximum Gasteiger partial charge on any atom is 0.281 e. The highest BCUT2D eigenvalue weighted by molar-refractivity contribution is 7.17. The number of thiazole rings is 1. The van der Waals surface area contributed by atoms with E-state index in [-0.39, 0.29) is 11.3 Å². The van der Waals surface area contributed by atoms with Crippen LogP contribution in [-0.4, -0.2) is 59.1 Å². The number of hydrogen-bond donors (Lipinski definition) is 3. The van der Waals surface area contributed by atoms with Crippen LogP contribution >= 0.6 is 11.3 Å². The van der Waals surface area contributed by atoms with Crippen LogP contribution in [0.4, 0.5) is 10.1 Å². The molecule has 3 N–H and O–H groups in total. The van der Waals surface area contributed by atoms with Crippen molar-refractivity contribution in [3.05, 3.63) is 101 Å². The number of H-pyrrole nitrogens is 1. The lowest BCUT2D eigenvalue weighted by Gasteiger charge is -2.34. The zero-order chi connectivity index (χ0) is 27.8. The summed E-state index contributed by atoms with van der Waals surface area (Å²) in [5, 5.41) is 14.9. The van der Waals surface area contributed by atoms with Crippen molar-refractivity contribution in [2.45, 2.75) is 13.0 Å². The summed E-state index contributed by atoms with van der Waals surface area (Å²) in [4.78, 5) is 27.1.